The van der Waals surface area contributed by atoms with Crippen LogP contribution in [0.25, 0.3) is 0 Å². The summed E-state index contributed by atoms with van der Waals surface area (Å²) < 4.78 is 5.49. The van der Waals surface area contributed by atoms with Gasteiger partial charge >= 0.3 is 5.97 Å². The normalized spacial score (nSPS) is 32.8. The zero-order chi connectivity index (χ0) is 10.2. The fraction of sp³-hybridized carbons (Fsp3) is 0.583. The van der Waals surface area contributed by atoms with Crippen molar-refractivity contribution in [2.45, 2.75) is 44.6 Å². The van der Waals surface area contributed by atoms with Gasteiger partial charge in [0, 0.05) is 12.8 Å². The molecule has 0 N–H and O–H groups in total. The summed E-state index contributed by atoms with van der Waals surface area (Å²) in [5, 5.41) is 0. The summed E-state index contributed by atoms with van der Waals surface area (Å²) in [6.07, 6.45) is 6.23. The second-order valence-corrected chi connectivity index (χ2v) is 4.33. The van der Waals surface area contributed by atoms with Gasteiger partial charge in [-0.1, -0.05) is 18.2 Å². The molecule has 14 heavy (non-hydrogen) atoms. The average molecular weight is 192 g/mol. The van der Waals surface area contributed by atoms with E-state index in [-0.39, 0.29) is 11.6 Å². The summed E-state index contributed by atoms with van der Waals surface area (Å²) in [6.45, 7) is 6.17. The van der Waals surface area contributed by atoms with Gasteiger partial charge < -0.3 is 4.74 Å². The molecule has 0 bridgehead atoms. The highest BCUT2D eigenvalue weighted by Crippen LogP contribution is 2.40. The van der Waals surface area contributed by atoms with Crippen LogP contribution >= 0.6 is 0 Å². The van der Waals surface area contributed by atoms with Crippen LogP contribution in [0.15, 0.2) is 23.8 Å². The molecule has 0 radical (unpaired) electrons. The van der Waals surface area contributed by atoms with E-state index in [1.54, 1.807) is 0 Å². The lowest BCUT2D eigenvalue weighted by Crippen LogP contribution is -2.41. The van der Waals surface area contributed by atoms with E-state index >= 15 is 0 Å². The molecule has 1 unspecified atom stereocenters. The molecule has 1 spiro atoms. The largest absolute Gasteiger partial charge is 0.454 e. The van der Waals surface area contributed by atoms with Crippen molar-refractivity contribution >= 4 is 5.97 Å². The van der Waals surface area contributed by atoms with Crippen molar-refractivity contribution in [2.24, 2.45) is 0 Å². The van der Waals surface area contributed by atoms with Crippen LogP contribution < -0.4 is 0 Å². The standard InChI is InChI=1S/C12H16O2/c1-9-5-7-12(8-6-9)10(2)3-4-11(13)14-12/h5H,2-4,6-8H2,1H3. The minimum atomic E-state index is -0.352. The van der Waals surface area contributed by atoms with Crippen LogP contribution in [0.4, 0.5) is 0 Å². The molecular formula is C12H16O2. The van der Waals surface area contributed by atoms with Crippen LogP contribution in [0.2, 0.25) is 0 Å². The lowest BCUT2D eigenvalue weighted by molar-refractivity contribution is -0.161. The van der Waals surface area contributed by atoms with E-state index in [1.807, 2.05) is 0 Å². The number of allylic oxidation sites excluding steroid dienone is 1. The minimum Gasteiger partial charge on any atom is -0.454 e. The Bertz CT molecular complexity index is 314. The maximum absolute atomic E-state index is 11.3. The highest BCUT2D eigenvalue weighted by atomic mass is 16.6. The Balaban J connectivity index is 2.21. The summed E-state index contributed by atoms with van der Waals surface area (Å²) in [5.41, 5.74) is 2.14. The molecule has 2 rings (SSSR count). The maximum Gasteiger partial charge on any atom is 0.307 e. The smallest absolute Gasteiger partial charge is 0.307 e. The van der Waals surface area contributed by atoms with E-state index in [1.165, 1.54) is 5.57 Å². The number of hydrogen-bond donors (Lipinski definition) is 0. The summed E-state index contributed by atoms with van der Waals surface area (Å²) in [7, 11) is 0. The zero-order valence-electron chi connectivity index (χ0n) is 8.64. The van der Waals surface area contributed by atoms with Gasteiger partial charge in [-0.15, -0.1) is 0 Å². The van der Waals surface area contributed by atoms with Crippen LogP contribution in [0, 0.1) is 0 Å². The van der Waals surface area contributed by atoms with Crippen LogP contribution in [0.1, 0.15) is 39.0 Å². The fourth-order valence-electron chi connectivity index (χ4n) is 2.18. The highest BCUT2D eigenvalue weighted by Gasteiger charge is 2.40. The number of esters is 1. The Morgan fingerprint density at radius 2 is 2.21 bits per heavy atom. The predicted molar refractivity (Wildman–Crippen MR) is 54.8 cm³/mol. The zero-order valence-corrected chi connectivity index (χ0v) is 8.64. The molecule has 0 amide bonds. The third kappa shape index (κ3) is 1.49. The maximum atomic E-state index is 11.3. The molecule has 0 aromatic heterocycles. The van der Waals surface area contributed by atoms with E-state index < -0.39 is 0 Å². The Hall–Kier alpha value is -1.05. The first-order valence-corrected chi connectivity index (χ1v) is 5.18. The van der Waals surface area contributed by atoms with E-state index in [0.29, 0.717) is 6.42 Å². The van der Waals surface area contributed by atoms with Gasteiger partial charge in [-0.2, -0.15) is 0 Å². The van der Waals surface area contributed by atoms with Gasteiger partial charge in [-0.25, -0.2) is 0 Å². The second-order valence-electron chi connectivity index (χ2n) is 4.33. The Morgan fingerprint density at radius 1 is 1.43 bits per heavy atom. The average Bonchev–Trinajstić information content (AvgIpc) is 2.17. The first-order chi connectivity index (χ1) is 6.62. The summed E-state index contributed by atoms with van der Waals surface area (Å²) in [6, 6.07) is 0. The van der Waals surface area contributed by atoms with Gasteiger partial charge in [0.1, 0.15) is 5.60 Å². The van der Waals surface area contributed by atoms with Crippen LogP contribution in [-0.4, -0.2) is 11.6 Å². The summed E-state index contributed by atoms with van der Waals surface area (Å²) in [4.78, 5) is 11.3. The van der Waals surface area contributed by atoms with Crippen LogP contribution in [0.3, 0.4) is 0 Å². The first-order valence-electron chi connectivity index (χ1n) is 5.18. The fourth-order valence-corrected chi connectivity index (χ4v) is 2.18. The molecule has 1 saturated heterocycles. The van der Waals surface area contributed by atoms with Crippen LogP contribution in [-0.2, 0) is 9.53 Å². The second kappa shape index (κ2) is 3.26. The molecule has 1 fully saturated rings. The Labute approximate surface area is 84.6 Å². The number of carbonyl (C=O) groups is 1. The quantitative estimate of drug-likeness (QED) is 0.435. The molecule has 0 saturated carbocycles. The Morgan fingerprint density at radius 3 is 2.86 bits per heavy atom. The third-order valence-electron chi connectivity index (χ3n) is 3.29. The van der Waals surface area contributed by atoms with Crippen molar-refractivity contribution in [2.75, 3.05) is 0 Å². The van der Waals surface area contributed by atoms with E-state index in [9.17, 15) is 4.79 Å². The summed E-state index contributed by atoms with van der Waals surface area (Å²) >= 11 is 0. The van der Waals surface area contributed by atoms with Gasteiger partial charge in [0.05, 0.1) is 0 Å². The first kappa shape index (κ1) is 9.50. The molecule has 1 aliphatic heterocycles. The van der Waals surface area contributed by atoms with Crippen LogP contribution in [0.5, 0.6) is 0 Å². The molecule has 76 valence electrons. The molecule has 2 aliphatic rings. The van der Waals surface area contributed by atoms with Crippen molar-refractivity contribution < 1.29 is 9.53 Å². The highest BCUT2D eigenvalue weighted by molar-refractivity contribution is 5.72. The number of ether oxygens (including phenoxy) is 1. The molecule has 1 aliphatic carbocycles. The topological polar surface area (TPSA) is 26.3 Å². The lowest BCUT2D eigenvalue weighted by Gasteiger charge is -2.40. The summed E-state index contributed by atoms with van der Waals surface area (Å²) in [5.74, 6) is -0.0645. The van der Waals surface area contributed by atoms with Gasteiger partial charge in [-0.05, 0) is 31.8 Å². The van der Waals surface area contributed by atoms with E-state index in [0.717, 1.165) is 31.3 Å². The lowest BCUT2D eigenvalue weighted by atomic mass is 9.78. The molecule has 1 heterocycles. The SMILES string of the molecule is C=C1CCC(=O)OC12CC=C(C)CC2. The number of carbonyl (C=O) groups excluding carboxylic acids is 1. The number of hydrogen-bond acceptors (Lipinski definition) is 2. The van der Waals surface area contributed by atoms with Gasteiger partial charge in [0.15, 0.2) is 0 Å². The minimum absolute atomic E-state index is 0.0645. The molecular weight excluding hydrogens is 176 g/mol. The third-order valence-corrected chi connectivity index (χ3v) is 3.29. The molecule has 1 atom stereocenters. The van der Waals surface area contributed by atoms with Crippen molar-refractivity contribution in [3.63, 3.8) is 0 Å². The van der Waals surface area contributed by atoms with Crippen molar-refractivity contribution in [1.82, 2.24) is 0 Å². The van der Waals surface area contributed by atoms with Gasteiger partial charge in [-0.3, -0.25) is 4.79 Å². The number of rotatable bonds is 0. The molecule has 0 aromatic rings. The van der Waals surface area contributed by atoms with Gasteiger partial charge in [0.2, 0.25) is 0 Å². The van der Waals surface area contributed by atoms with Gasteiger partial charge in [0.25, 0.3) is 0 Å². The van der Waals surface area contributed by atoms with Crippen molar-refractivity contribution in [3.05, 3.63) is 23.8 Å². The molecule has 0 aromatic carbocycles. The monoisotopic (exact) mass is 192 g/mol. The van der Waals surface area contributed by atoms with E-state index in [2.05, 4.69) is 19.6 Å². The Kier molecular flexibility index (Phi) is 2.22. The van der Waals surface area contributed by atoms with Crippen molar-refractivity contribution in [3.8, 4) is 0 Å². The molecule has 2 heteroatoms. The molecule has 2 nitrogen and oxygen atoms in total. The van der Waals surface area contributed by atoms with Crippen molar-refractivity contribution in [1.29, 1.82) is 0 Å². The predicted octanol–water partition coefficient (Wildman–Crippen LogP) is 2.75. The van der Waals surface area contributed by atoms with E-state index in [4.69, 9.17) is 4.74 Å².